The molecule has 0 spiro atoms. The van der Waals surface area contributed by atoms with Gasteiger partial charge in [-0.15, -0.1) is 0 Å². The number of nitrogens with zero attached hydrogens (tertiary/aromatic N) is 1. The first-order valence-electron chi connectivity index (χ1n) is 10.7. The molecule has 0 aliphatic carbocycles. The summed E-state index contributed by atoms with van der Waals surface area (Å²) >= 11 is 0. The van der Waals surface area contributed by atoms with Crippen molar-refractivity contribution in [1.29, 1.82) is 0 Å². The van der Waals surface area contributed by atoms with Gasteiger partial charge in [0.2, 0.25) is 5.91 Å². The Morgan fingerprint density at radius 3 is 2.48 bits per heavy atom. The minimum atomic E-state index is 0.0380. The fourth-order valence-electron chi connectivity index (χ4n) is 3.67. The van der Waals surface area contributed by atoms with Crippen LogP contribution in [0.5, 0.6) is 5.75 Å². The van der Waals surface area contributed by atoms with Crippen molar-refractivity contribution < 1.29 is 9.53 Å². The van der Waals surface area contributed by atoms with E-state index >= 15 is 0 Å². The van der Waals surface area contributed by atoms with Gasteiger partial charge in [0.05, 0.1) is 12.2 Å². The monoisotopic (exact) mass is 394 g/mol. The Balaban J connectivity index is 1.60. The second-order valence-corrected chi connectivity index (χ2v) is 8.86. The van der Waals surface area contributed by atoms with Gasteiger partial charge in [-0.05, 0) is 54.5 Å². The maximum atomic E-state index is 12.5. The third-order valence-electron chi connectivity index (χ3n) is 5.60. The summed E-state index contributed by atoms with van der Waals surface area (Å²) in [4.78, 5) is 14.8. The summed E-state index contributed by atoms with van der Waals surface area (Å²) in [5.74, 6) is 0.943. The summed E-state index contributed by atoms with van der Waals surface area (Å²) in [6.07, 6.45) is 2.43. The van der Waals surface area contributed by atoms with Crippen molar-refractivity contribution in [1.82, 2.24) is 0 Å². The molecule has 1 aliphatic heterocycles. The van der Waals surface area contributed by atoms with Crippen LogP contribution in [0.4, 0.5) is 11.4 Å². The topological polar surface area (TPSA) is 41.6 Å². The van der Waals surface area contributed by atoms with Gasteiger partial charge in [-0.3, -0.25) is 4.79 Å². The van der Waals surface area contributed by atoms with Crippen LogP contribution in [0, 0.1) is 0 Å². The SMILES string of the molecule is CCC1CN(CC)c2cc(NC(=O)CCc3ccc(C(C)(C)C)cc3)ccc2O1. The normalized spacial score (nSPS) is 16.2. The molecule has 1 atom stereocenters. The Hall–Kier alpha value is -2.49. The molecule has 4 nitrogen and oxygen atoms in total. The van der Waals surface area contributed by atoms with Gasteiger partial charge < -0.3 is 15.0 Å². The summed E-state index contributed by atoms with van der Waals surface area (Å²) < 4.78 is 6.06. The number of hydrogen-bond donors (Lipinski definition) is 1. The van der Waals surface area contributed by atoms with Crippen LogP contribution in [0.15, 0.2) is 42.5 Å². The lowest BCUT2D eigenvalue weighted by atomic mass is 9.86. The molecule has 1 amide bonds. The van der Waals surface area contributed by atoms with Crippen molar-refractivity contribution in [3.63, 3.8) is 0 Å². The maximum absolute atomic E-state index is 12.5. The molecule has 1 heterocycles. The minimum Gasteiger partial charge on any atom is -0.486 e. The molecular formula is C25H34N2O2. The van der Waals surface area contributed by atoms with Crippen LogP contribution < -0.4 is 15.0 Å². The summed E-state index contributed by atoms with van der Waals surface area (Å²) in [5, 5.41) is 3.05. The number of hydrogen-bond acceptors (Lipinski definition) is 3. The van der Waals surface area contributed by atoms with Crippen molar-refractivity contribution in [3.8, 4) is 5.75 Å². The van der Waals surface area contributed by atoms with Crippen molar-refractivity contribution in [2.24, 2.45) is 0 Å². The van der Waals surface area contributed by atoms with E-state index in [0.29, 0.717) is 6.42 Å². The van der Waals surface area contributed by atoms with Crippen LogP contribution >= 0.6 is 0 Å². The van der Waals surface area contributed by atoms with Crippen LogP contribution in [-0.2, 0) is 16.6 Å². The molecule has 0 saturated carbocycles. The number of carbonyl (C=O) groups is 1. The smallest absolute Gasteiger partial charge is 0.224 e. The van der Waals surface area contributed by atoms with Gasteiger partial charge in [0, 0.05) is 18.7 Å². The third-order valence-corrected chi connectivity index (χ3v) is 5.60. The lowest BCUT2D eigenvalue weighted by Gasteiger charge is -2.35. The number of ether oxygens (including phenoxy) is 1. The first kappa shape index (κ1) is 21.2. The molecule has 2 aromatic carbocycles. The Kier molecular flexibility index (Phi) is 6.51. The summed E-state index contributed by atoms with van der Waals surface area (Å²) in [5.41, 5.74) is 4.54. The van der Waals surface area contributed by atoms with E-state index in [0.717, 1.165) is 43.1 Å². The number of nitrogens with one attached hydrogen (secondary N) is 1. The average molecular weight is 395 g/mol. The summed E-state index contributed by atoms with van der Waals surface area (Å²) in [7, 11) is 0. The highest BCUT2D eigenvalue weighted by Gasteiger charge is 2.24. The standard InChI is InChI=1S/C25H34N2O2/c1-6-21-17-27(7-2)22-16-20(13-14-23(22)29-21)26-24(28)15-10-18-8-11-19(12-9-18)25(3,4)5/h8-9,11-14,16,21H,6-7,10,15,17H2,1-5H3,(H,26,28). The quantitative estimate of drug-likeness (QED) is 0.698. The van der Waals surface area contributed by atoms with E-state index in [1.165, 1.54) is 11.1 Å². The molecule has 0 bridgehead atoms. The van der Waals surface area contributed by atoms with Crippen LogP contribution in [-0.4, -0.2) is 25.1 Å². The Labute approximate surface area is 175 Å². The lowest BCUT2D eigenvalue weighted by Crippen LogP contribution is -2.39. The molecule has 29 heavy (non-hydrogen) atoms. The Morgan fingerprint density at radius 1 is 1.14 bits per heavy atom. The van der Waals surface area contributed by atoms with Crippen molar-refractivity contribution in [2.45, 2.75) is 65.4 Å². The molecule has 1 unspecified atom stereocenters. The zero-order chi connectivity index (χ0) is 21.0. The zero-order valence-electron chi connectivity index (χ0n) is 18.4. The number of anilines is 2. The first-order valence-corrected chi connectivity index (χ1v) is 10.7. The van der Waals surface area contributed by atoms with Gasteiger partial charge >= 0.3 is 0 Å². The number of amides is 1. The molecule has 2 aromatic rings. The van der Waals surface area contributed by atoms with Crippen LogP contribution in [0.2, 0.25) is 0 Å². The molecule has 1 N–H and O–H groups in total. The molecule has 0 radical (unpaired) electrons. The predicted molar refractivity (Wildman–Crippen MR) is 121 cm³/mol. The number of aryl methyl sites for hydroxylation is 1. The molecule has 0 fully saturated rings. The van der Waals surface area contributed by atoms with Gasteiger partial charge in [-0.1, -0.05) is 52.0 Å². The lowest BCUT2D eigenvalue weighted by molar-refractivity contribution is -0.116. The molecule has 0 saturated heterocycles. The van der Waals surface area contributed by atoms with E-state index in [-0.39, 0.29) is 17.4 Å². The van der Waals surface area contributed by atoms with Crippen molar-refractivity contribution >= 4 is 17.3 Å². The highest BCUT2D eigenvalue weighted by atomic mass is 16.5. The number of carbonyl (C=O) groups excluding carboxylic acids is 1. The highest BCUT2D eigenvalue weighted by molar-refractivity contribution is 5.91. The molecule has 156 valence electrons. The maximum Gasteiger partial charge on any atom is 0.224 e. The predicted octanol–water partition coefficient (Wildman–Crippen LogP) is 5.55. The second-order valence-electron chi connectivity index (χ2n) is 8.86. The number of rotatable bonds is 6. The van der Waals surface area contributed by atoms with E-state index in [9.17, 15) is 4.79 Å². The summed E-state index contributed by atoms with van der Waals surface area (Å²) in [6, 6.07) is 14.5. The van der Waals surface area contributed by atoms with Gasteiger partial charge in [0.1, 0.15) is 11.9 Å². The van der Waals surface area contributed by atoms with Crippen molar-refractivity contribution in [3.05, 3.63) is 53.6 Å². The van der Waals surface area contributed by atoms with Crippen molar-refractivity contribution in [2.75, 3.05) is 23.3 Å². The van der Waals surface area contributed by atoms with E-state index in [1.54, 1.807) is 0 Å². The minimum absolute atomic E-state index is 0.0380. The fraction of sp³-hybridized carbons (Fsp3) is 0.480. The second kappa shape index (κ2) is 8.89. The van der Waals surface area contributed by atoms with E-state index in [1.807, 2.05) is 18.2 Å². The molecule has 0 aromatic heterocycles. The van der Waals surface area contributed by atoms with E-state index in [4.69, 9.17) is 4.74 Å². The number of likely N-dealkylation sites (N-methyl/N-ethyl adjacent to an activating group) is 1. The largest absolute Gasteiger partial charge is 0.486 e. The highest BCUT2D eigenvalue weighted by Crippen LogP contribution is 2.36. The summed E-state index contributed by atoms with van der Waals surface area (Å²) in [6.45, 7) is 12.7. The van der Waals surface area contributed by atoms with Gasteiger partial charge in [-0.25, -0.2) is 0 Å². The van der Waals surface area contributed by atoms with Crippen LogP contribution in [0.25, 0.3) is 0 Å². The fourth-order valence-corrected chi connectivity index (χ4v) is 3.67. The van der Waals surface area contributed by atoms with Gasteiger partial charge in [0.15, 0.2) is 0 Å². The Bertz CT molecular complexity index is 837. The molecule has 3 rings (SSSR count). The molecule has 1 aliphatic rings. The van der Waals surface area contributed by atoms with Gasteiger partial charge in [-0.2, -0.15) is 0 Å². The van der Waals surface area contributed by atoms with Crippen LogP contribution in [0.1, 0.15) is 58.6 Å². The van der Waals surface area contributed by atoms with E-state index < -0.39 is 0 Å². The third kappa shape index (κ3) is 5.31. The van der Waals surface area contributed by atoms with Crippen LogP contribution in [0.3, 0.4) is 0 Å². The first-order chi connectivity index (χ1) is 13.8. The number of benzene rings is 2. The molecule has 4 heteroatoms. The number of fused-ring (bicyclic) bond motifs is 1. The average Bonchev–Trinajstić information content (AvgIpc) is 2.71. The zero-order valence-corrected chi connectivity index (χ0v) is 18.4. The van der Waals surface area contributed by atoms with Gasteiger partial charge in [0.25, 0.3) is 0 Å². The molecular weight excluding hydrogens is 360 g/mol. The Morgan fingerprint density at radius 2 is 1.86 bits per heavy atom. The van der Waals surface area contributed by atoms with E-state index in [2.05, 4.69) is 69.1 Å².